The third kappa shape index (κ3) is 7.47. The van der Waals surface area contributed by atoms with Gasteiger partial charge in [0.25, 0.3) is 0 Å². The molecule has 0 saturated carbocycles. The Labute approximate surface area is 207 Å². The normalized spacial score (nSPS) is 11.2. The molecule has 0 amide bonds. The van der Waals surface area contributed by atoms with E-state index in [1.807, 2.05) is 69.3 Å². The maximum Gasteiger partial charge on any atom is 0.419 e. The lowest BCUT2D eigenvalue weighted by Gasteiger charge is -2.17. The fourth-order valence-electron chi connectivity index (χ4n) is 3.35. The standard InChI is InChI=1S/C26H32N4O3.C2H2/c1-6-8-13-24-19(3)30(26(31)33-24)17-20-11-9-12-21(14-20)25-27-15-23(16-28-25)32-18-22(10-7-2)29(4)5;1-2/h8-16H,6-7,17-18H2,1-5H3;1-2H/b13-8-,22-10+;. The summed E-state index contributed by atoms with van der Waals surface area (Å²) < 4.78 is 12.9. The van der Waals surface area contributed by atoms with Crippen molar-refractivity contribution in [1.82, 2.24) is 19.4 Å². The summed E-state index contributed by atoms with van der Waals surface area (Å²) in [6, 6.07) is 7.86. The molecule has 0 saturated heterocycles. The molecule has 184 valence electrons. The number of terminal acetylenes is 1. The quantitative estimate of drug-likeness (QED) is 0.378. The zero-order valence-electron chi connectivity index (χ0n) is 21.2. The fourth-order valence-corrected chi connectivity index (χ4v) is 3.35. The van der Waals surface area contributed by atoms with E-state index < -0.39 is 0 Å². The van der Waals surface area contributed by atoms with E-state index in [-0.39, 0.29) is 5.76 Å². The average Bonchev–Trinajstić information content (AvgIpc) is 3.14. The summed E-state index contributed by atoms with van der Waals surface area (Å²) in [5.41, 5.74) is 3.75. The van der Waals surface area contributed by atoms with Crippen LogP contribution in [0.4, 0.5) is 0 Å². The number of hydrogen-bond acceptors (Lipinski definition) is 6. The molecular formula is C28H34N4O3. The van der Waals surface area contributed by atoms with Crippen molar-refractivity contribution in [2.75, 3.05) is 20.7 Å². The third-order valence-corrected chi connectivity index (χ3v) is 5.24. The minimum absolute atomic E-state index is 0.361. The molecule has 0 spiro atoms. The highest BCUT2D eigenvalue weighted by molar-refractivity contribution is 5.56. The van der Waals surface area contributed by atoms with Crippen LogP contribution in [0.3, 0.4) is 0 Å². The summed E-state index contributed by atoms with van der Waals surface area (Å²) in [5.74, 6) is 1.46. The van der Waals surface area contributed by atoms with E-state index >= 15 is 0 Å². The second-order valence-electron chi connectivity index (χ2n) is 7.94. The van der Waals surface area contributed by atoms with E-state index in [9.17, 15) is 4.79 Å². The Morgan fingerprint density at radius 3 is 2.51 bits per heavy atom. The molecule has 0 aliphatic rings. The van der Waals surface area contributed by atoms with E-state index in [4.69, 9.17) is 9.15 Å². The number of likely N-dealkylation sites (N-methyl/N-ethyl adjacent to an activating group) is 1. The van der Waals surface area contributed by atoms with Crippen LogP contribution in [0.5, 0.6) is 5.75 Å². The minimum atomic E-state index is -0.361. The van der Waals surface area contributed by atoms with Gasteiger partial charge in [0.2, 0.25) is 0 Å². The van der Waals surface area contributed by atoms with Crippen molar-refractivity contribution in [1.29, 1.82) is 0 Å². The van der Waals surface area contributed by atoms with E-state index in [1.54, 1.807) is 17.0 Å². The Bertz CT molecular complexity index is 1210. The van der Waals surface area contributed by atoms with Crippen LogP contribution in [-0.4, -0.2) is 40.1 Å². The second-order valence-corrected chi connectivity index (χ2v) is 7.94. The van der Waals surface area contributed by atoms with Crippen LogP contribution in [0.15, 0.2) is 63.7 Å². The number of ether oxygens (including phenoxy) is 1. The lowest BCUT2D eigenvalue weighted by atomic mass is 10.1. The van der Waals surface area contributed by atoms with Gasteiger partial charge in [-0.15, -0.1) is 12.8 Å². The summed E-state index contributed by atoms with van der Waals surface area (Å²) in [4.78, 5) is 23.3. The molecule has 0 fully saturated rings. The average molecular weight is 475 g/mol. The third-order valence-electron chi connectivity index (χ3n) is 5.24. The van der Waals surface area contributed by atoms with E-state index in [0.717, 1.165) is 35.4 Å². The molecule has 0 atom stereocenters. The van der Waals surface area contributed by atoms with Crippen molar-refractivity contribution in [3.8, 4) is 30.0 Å². The fraction of sp³-hybridized carbons (Fsp3) is 0.321. The number of nitrogens with zero attached hydrogens (tertiary/aromatic N) is 4. The number of allylic oxidation sites excluding steroid dienone is 2. The van der Waals surface area contributed by atoms with Crippen LogP contribution < -0.4 is 10.5 Å². The largest absolute Gasteiger partial charge is 0.484 e. The van der Waals surface area contributed by atoms with Gasteiger partial charge in [0.15, 0.2) is 17.3 Å². The number of rotatable bonds is 10. The maximum absolute atomic E-state index is 12.3. The Kier molecular flexibility index (Phi) is 10.6. The van der Waals surface area contributed by atoms with Gasteiger partial charge in [-0.25, -0.2) is 14.8 Å². The number of aromatic nitrogens is 3. The second kappa shape index (κ2) is 13.6. The highest BCUT2D eigenvalue weighted by Crippen LogP contribution is 2.20. The van der Waals surface area contributed by atoms with Gasteiger partial charge in [0.05, 0.1) is 24.6 Å². The molecule has 0 unspecified atom stereocenters. The maximum atomic E-state index is 12.3. The zero-order valence-corrected chi connectivity index (χ0v) is 21.2. The van der Waals surface area contributed by atoms with Crippen LogP contribution in [0.2, 0.25) is 0 Å². The lowest BCUT2D eigenvalue weighted by molar-refractivity contribution is 0.307. The highest BCUT2D eigenvalue weighted by atomic mass is 16.5. The molecule has 3 rings (SSSR count). The van der Waals surface area contributed by atoms with Crippen molar-refractivity contribution in [2.45, 2.75) is 40.2 Å². The molecule has 7 heteroatoms. The van der Waals surface area contributed by atoms with Gasteiger partial charge in [-0.1, -0.05) is 44.2 Å². The van der Waals surface area contributed by atoms with Crippen LogP contribution in [0.1, 0.15) is 43.7 Å². The SMILES string of the molecule is C#C.CC/C=C\c1oc(=O)n(Cc2cccc(-c3ncc(OC/C(=C\CC)N(C)C)cn3)c2)c1C. The van der Waals surface area contributed by atoms with Crippen molar-refractivity contribution >= 4 is 6.08 Å². The predicted molar refractivity (Wildman–Crippen MR) is 141 cm³/mol. The minimum Gasteiger partial charge on any atom is -0.484 e. The molecule has 3 aromatic rings. The molecular weight excluding hydrogens is 440 g/mol. The summed E-state index contributed by atoms with van der Waals surface area (Å²) >= 11 is 0. The van der Waals surface area contributed by atoms with E-state index in [1.165, 1.54) is 0 Å². The van der Waals surface area contributed by atoms with E-state index in [2.05, 4.69) is 35.8 Å². The van der Waals surface area contributed by atoms with Gasteiger partial charge >= 0.3 is 5.76 Å². The van der Waals surface area contributed by atoms with Crippen LogP contribution in [0, 0.1) is 19.8 Å². The smallest absolute Gasteiger partial charge is 0.419 e. The summed E-state index contributed by atoms with van der Waals surface area (Å²) in [6.07, 6.45) is 19.2. The Morgan fingerprint density at radius 1 is 1.17 bits per heavy atom. The topological polar surface area (TPSA) is 73.4 Å². The van der Waals surface area contributed by atoms with E-state index in [0.29, 0.717) is 30.5 Å². The first-order valence-corrected chi connectivity index (χ1v) is 11.5. The van der Waals surface area contributed by atoms with Gasteiger partial charge in [-0.3, -0.25) is 4.57 Å². The van der Waals surface area contributed by atoms with Gasteiger partial charge in [-0.2, -0.15) is 0 Å². The Hall–Kier alpha value is -4.05. The Morgan fingerprint density at radius 2 is 1.89 bits per heavy atom. The van der Waals surface area contributed by atoms with Crippen molar-refractivity contribution in [3.05, 3.63) is 82.1 Å². The highest BCUT2D eigenvalue weighted by Gasteiger charge is 2.12. The molecule has 0 aliphatic carbocycles. The van der Waals surface area contributed by atoms with Crippen molar-refractivity contribution < 1.29 is 9.15 Å². The van der Waals surface area contributed by atoms with Gasteiger partial charge in [-0.05, 0) is 37.5 Å². The molecule has 0 N–H and O–H groups in total. The summed E-state index contributed by atoms with van der Waals surface area (Å²) in [6.45, 7) is 6.91. The molecule has 0 bridgehead atoms. The molecule has 0 aliphatic heterocycles. The van der Waals surface area contributed by atoms with Gasteiger partial charge in [0.1, 0.15) is 6.61 Å². The van der Waals surface area contributed by atoms with Crippen molar-refractivity contribution in [2.24, 2.45) is 0 Å². The van der Waals surface area contributed by atoms with Crippen molar-refractivity contribution in [3.63, 3.8) is 0 Å². The molecule has 7 nitrogen and oxygen atoms in total. The lowest BCUT2D eigenvalue weighted by Crippen LogP contribution is -2.17. The molecule has 0 radical (unpaired) electrons. The zero-order chi connectivity index (χ0) is 25.8. The first kappa shape index (κ1) is 27.2. The molecule has 35 heavy (non-hydrogen) atoms. The number of hydrogen-bond donors (Lipinski definition) is 0. The first-order chi connectivity index (χ1) is 16.9. The molecule has 1 aromatic carbocycles. The number of oxazole rings is 1. The summed E-state index contributed by atoms with van der Waals surface area (Å²) in [7, 11) is 4.00. The molecule has 2 heterocycles. The van der Waals surface area contributed by atoms with Crippen LogP contribution >= 0.6 is 0 Å². The summed E-state index contributed by atoms with van der Waals surface area (Å²) in [5, 5.41) is 0. The number of benzene rings is 1. The van der Waals surface area contributed by atoms with Gasteiger partial charge < -0.3 is 14.1 Å². The molecule has 2 aromatic heterocycles. The van der Waals surface area contributed by atoms with Crippen LogP contribution in [-0.2, 0) is 6.54 Å². The first-order valence-electron chi connectivity index (χ1n) is 11.5. The van der Waals surface area contributed by atoms with Gasteiger partial charge in [0, 0.05) is 25.4 Å². The van der Waals surface area contributed by atoms with Crippen LogP contribution in [0.25, 0.3) is 17.5 Å². The monoisotopic (exact) mass is 474 g/mol. The predicted octanol–water partition coefficient (Wildman–Crippen LogP) is 5.16. The Balaban J connectivity index is 0.00000210.